The number of rotatable bonds is 3. The van der Waals surface area contributed by atoms with Gasteiger partial charge in [0.1, 0.15) is 5.82 Å². The Kier molecular flexibility index (Phi) is 4.15. The zero-order valence-corrected chi connectivity index (χ0v) is 12.4. The number of hydrogen-bond acceptors (Lipinski definition) is 3. The summed E-state index contributed by atoms with van der Waals surface area (Å²) < 4.78 is 13.2. The van der Waals surface area contributed by atoms with Crippen LogP contribution >= 0.6 is 11.3 Å². The number of benzene rings is 1. The number of piperazine rings is 1. The largest absolute Gasteiger partial charge is 0.314 e. The minimum absolute atomic E-state index is 0.171. The van der Waals surface area contributed by atoms with Crippen LogP contribution in [0.25, 0.3) is 0 Å². The van der Waals surface area contributed by atoms with Crippen molar-refractivity contribution < 1.29 is 4.39 Å². The van der Waals surface area contributed by atoms with E-state index in [4.69, 9.17) is 0 Å². The molecule has 1 fully saturated rings. The molecule has 0 radical (unpaired) electrons. The van der Waals surface area contributed by atoms with Crippen molar-refractivity contribution >= 4 is 11.3 Å². The van der Waals surface area contributed by atoms with Gasteiger partial charge >= 0.3 is 0 Å². The Morgan fingerprint density at radius 2 is 1.90 bits per heavy atom. The van der Waals surface area contributed by atoms with Gasteiger partial charge in [0.2, 0.25) is 0 Å². The van der Waals surface area contributed by atoms with Crippen LogP contribution in [0.1, 0.15) is 22.0 Å². The zero-order valence-electron chi connectivity index (χ0n) is 11.6. The SMILES string of the molecule is Cc1csc(C(c2ccc(F)cc2)N2CCNCC2)c1. The molecule has 2 aromatic rings. The van der Waals surface area contributed by atoms with E-state index in [1.807, 2.05) is 12.1 Å². The summed E-state index contributed by atoms with van der Waals surface area (Å²) in [7, 11) is 0. The van der Waals surface area contributed by atoms with Gasteiger partial charge in [0.05, 0.1) is 6.04 Å². The molecule has 1 aromatic carbocycles. The Hall–Kier alpha value is -1.23. The van der Waals surface area contributed by atoms with E-state index in [9.17, 15) is 4.39 Å². The Morgan fingerprint density at radius 1 is 1.20 bits per heavy atom. The molecule has 2 nitrogen and oxygen atoms in total. The van der Waals surface area contributed by atoms with Crippen LogP contribution in [0.3, 0.4) is 0 Å². The third kappa shape index (κ3) is 2.92. The summed E-state index contributed by atoms with van der Waals surface area (Å²) in [4.78, 5) is 3.82. The lowest BCUT2D eigenvalue weighted by molar-refractivity contribution is 0.200. The fourth-order valence-corrected chi connectivity index (χ4v) is 3.80. The van der Waals surface area contributed by atoms with Crippen molar-refractivity contribution in [1.29, 1.82) is 0 Å². The molecule has 0 spiro atoms. The van der Waals surface area contributed by atoms with Crippen molar-refractivity contribution in [3.05, 3.63) is 57.5 Å². The van der Waals surface area contributed by atoms with Gasteiger partial charge in [0.25, 0.3) is 0 Å². The third-order valence-electron chi connectivity index (χ3n) is 3.72. The maximum Gasteiger partial charge on any atom is 0.123 e. The van der Waals surface area contributed by atoms with Crippen LogP contribution in [0.4, 0.5) is 4.39 Å². The molecule has 2 heterocycles. The highest BCUT2D eigenvalue weighted by molar-refractivity contribution is 7.10. The smallest absolute Gasteiger partial charge is 0.123 e. The Balaban J connectivity index is 1.95. The standard InChI is InChI=1S/C16H19FN2S/c1-12-10-15(20-11-12)16(19-8-6-18-7-9-19)13-2-4-14(17)5-3-13/h2-5,10-11,16,18H,6-9H2,1H3. The van der Waals surface area contributed by atoms with E-state index in [0.29, 0.717) is 0 Å². The van der Waals surface area contributed by atoms with Crippen LogP contribution in [0.15, 0.2) is 35.7 Å². The summed E-state index contributed by atoms with van der Waals surface area (Å²) in [5, 5.41) is 5.58. The molecule has 1 unspecified atom stereocenters. The molecule has 1 N–H and O–H groups in total. The van der Waals surface area contributed by atoms with Gasteiger partial charge < -0.3 is 5.32 Å². The quantitative estimate of drug-likeness (QED) is 0.934. The van der Waals surface area contributed by atoms with Gasteiger partial charge in [-0.1, -0.05) is 12.1 Å². The third-order valence-corrected chi connectivity index (χ3v) is 4.83. The van der Waals surface area contributed by atoms with E-state index < -0.39 is 0 Å². The maximum absolute atomic E-state index is 13.2. The van der Waals surface area contributed by atoms with Gasteiger partial charge in [0, 0.05) is 31.1 Å². The van der Waals surface area contributed by atoms with Gasteiger partial charge in [-0.15, -0.1) is 11.3 Å². The molecule has 4 heteroatoms. The second-order valence-corrected chi connectivity index (χ2v) is 6.21. The second-order valence-electron chi connectivity index (χ2n) is 5.27. The molecule has 0 aliphatic carbocycles. The molecule has 106 valence electrons. The minimum atomic E-state index is -0.171. The maximum atomic E-state index is 13.2. The van der Waals surface area contributed by atoms with E-state index in [0.717, 1.165) is 26.2 Å². The lowest BCUT2D eigenvalue weighted by atomic mass is 10.0. The predicted molar refractivity (Wildman–Crippen MR) is 81.7 cm³/mol. The lowest BCUT2D eigenvalue weighted by Gasteiger charge is -2.34. The molecule has 1 aliphatic heterocycles. The lowest BCUT2D eigenvalue weighted by Crippen LogP contribution is -2.45. The average molecular weight is 290 g/mol. The van der Waals surface area contributed by atoms with Gasteiger partial charge in [-0.2, -0.15) is 0 Å². The van der Waals surface area contributed by atoms with Crippen LogP contribution in [0.2, 0.25) is 0 Å². The Bertz CT molecular complexity index is 558. The van der Waals surface area contributed by atoms with E-state index in [-0.39, 0.29) is 11.9 Å². The van der Waals surface area contributed by atoms with Crippen LogP contribution in [-0.4, -0.2) is 31.1 Å². The number of nitrogens with zero attached hydrogens (tertiary/aromatic N) is 1. The van der Waals surface area contributed by atoms with Gasteiger partial charge in [-0.25, -0.2) is 4.39 Å². The number of halogens is 1. The number of aryl methyl sites for hydroxylation is 1. The zero-order chi connectivity index (χ0) is 13.9. The summed E-state index contributed by atoms with van der Waals surface area (Å²) in [6.45, 7) is 6.21. The number of hydrogen-bond donors (Lipinski definition) is 1. The van der Waals surface area contributed by atoms with Crippen molar-refractivity contribution in [1.82, 2.24) is 10.2 Å². The molecule has 0 amide bonds. The fourth-order valence-electron chi connectivity index (χ4n) is 2.74. The first-order chi connectivity index (χ1) is 9.74. The Morgan fingerprint density at radius 3 is 2.50 bits per heavy atom. The molecule has 1 saturated heterocycles. The first-order valence-corrected chi connectivity index (χ1v) is 7.87. The summed E-state index contributed by atoms with van der Waals surface area (Å²) in [6, 6.07) is 9.45. The average Bonchev–Trinajstić information content (AvgIpc) is 2.89. The van der Waals surface area contributed by atoms with Gasteiger partial charge in [-0.3, -0.25) is 4.90 Å². The highest BCUT2D eigenvalue weighted by Crippen LogP contribution is 2.33. The first kappa shape index (κ1) is 13.7. The summed E-state index contributed by atoms with van der Waals surface area (Å²) in [6.07, 6.45) is 0. The molecule has 0 saturated carbocycles. The Labute approximate surface area is 123 Å². The normalized spacial score (nSPS) is 18.1. The topological polar surface area (TPSA) is 15.3 Å². The van der Waals surface area contributed by atoms with Crippen LogP contribution < -0.4 is 5.32 Å². The minimum Gasteiger partial charge on any atom is -0.314 e. The monoisotopic (exact) mass is 290 g/mol. The summed E-state index contributed by atoms with van der Waals surface area (Å²) in [5.41, 5.74) is 2.47. The highest BCUT2D eigenvalue weighted by atomic mass is 32.1. The molecular formula is C16H19FN2S. The van der Waals surface area contributed by atoms with Crippen molar-refractivity contribution in [2.45, 2.75) is 13.0 Å². The number of nitrogens with one attached hydrogen (secondary N) is 1. The molecule has 1 aromatic heterocycles. The van der Waals surface area contributed by atoms with Crippen LogP contribution in [0, 0.1) is 12.7 Å². The van der Waals surface area contributed by atoms with Crippen molar-refractivity contribution in [3.8, 4) is 0 Å². The predicted octanol–water partition coefficient (Wildman–Crippen LogP) is 3.19. The van der Waals surface area contributed by atoms with Crippen LogP contribution in [0.5, 0.6) is 0 Å². The molecule has 1 atom stereocenters. The van der Waals surface area contributed by atoms with E-state index in [1.165, 1.54) is 16.0 Å². The van der Waals surface area contributed by atoms with E-state index in [2.05, 4.69) is 28.6 Å². The van der Waals surface area contributed by atoms with Crippen LogP contribution in [-0.2, 0) is 0 Å². The van der Waals surface area contributed by atoms with Crippen molar-refractivity contribution in [3.63, 3.8) is 0 Å². The molecule has 1 aliphatic rings. The van der Waals surface area contributed by atoms with E-state index in [1.54, 1.807) is 23.5 Å². The van der Waals surface area contributed by atoms with E-state index >= 15 is 0 Å². The number of thiophene rings is 1. The molecule has 3 rings (SSSR count). The molecule has 0 bridgehead atoms. The molecular weight excluding hydrogens is 271 g/mol. The highest BCUT2D eigenvalue weighted by Gasteiger charge is 2.24. The molecule has 20 heavy (non-hydrogen) atoms. The van der Waals surface area contributed by atoms with Gasteiger partial charge in [-0.05, 0) is 41.6 Å². The van der Waals surface area contributed by atoms with Crippen molar-refractivity contribution in [2.24, 2.45) is 0 Å². The van der Waals surface area contributed by atoms with Crippen molar-refractivity contribution in [2.75, 3.05) is 26.2 Å². The second kappa shape index (κ2) is 6.04. The van der Waals surface area contributed by atoms with Gasteiger partial charge in [0.15, 0.2) is 0 Å². The first-order valence-electron chi connectivity index (χ1n) is 6.99. The summed E-state index contributed by atoms with van der Waals surface area (Å²) >= 11 is 1.79. The summed E-state index contributed by atoms with van der Waals surface area (Å²) in [5.74, 6) is -0.171. The fraction of sp³-hybridized carbons (Fsp3) is 0.375.